The highest BCUT2D eigenvalue weighted by Gasteiger charge is 2.21. The van der Waals surface area contributed by atoms with Crippen LogP contribution in [0, 0.1) is 13.8 Å². The Labute approximate surface area is 208 Å². The summed E-state index contributed by atoms with van der Waals surface area (Å²) >= 11 is 12.5. The smallest absolute Gasteiger partial charge is 0.260 e. The molecule has 0 bridgehead atoms. The number of hydrazone groups is 1. The summed E-state index contributed by atoms with van der Waals surface area (Å²) in [6, 6.07) is 13.6. The van der Waals surface area contributed by atoms with Crippen molar-refractivity contribution in [2.24, 2.45) is 5.10 Å². The molecule has 1 N–H and O–H groups in total. The van der Waals surface area contributed by atoms with E-state index in [4.69, 9.17) is 27.9 Å². The van der Waals surface area contributed by atoms with Gasteiger partial charge in [-0.25, -0.2) is 13.8 Å². The minimum Gasteiger partial charge on any atom is -0.497 e. The quantitative estimate of drug-likeness (QED) is 0.352. The van der Waals surface area contributed by atoms with Gasteiger partial charge in [0.15, 0.2) is 0 Å². The number of rotatable bonds is 8. The molecule has 0 fully saturated rings. The average molecular weight is 523 g/mol. The van der Waals surface area contributed by atoms with Crippen LogP contribution in [0.15, 0.2) is 53.6 Å². The topological polar surface area (TPSA) is 93.0 Å². The van der Waals surface area contributed by atoms with Gasteiger partial charge in [-0.1, -0.05) is 29.3 Å². The van der Waals surface area contributed by atoms with Gasteiger partial charge in [-0.05, 0) is 56.3 Å². The van der Waals surface area contributed by atoms with Gasteiger partial charge in [-0.15, -0.1) is 0 Å². The predicted molar refractivity (Wildman–Crippen MR) is 136 cm³/mol. The maximum atomic E-state index is 12.5. The molecule has 3 aromatic rings. The SMILES string of the molecule is COc1ccc(N(CC(=O)N/N=C/c2cc(C)n(-c3cccc(Cl)c3Cl)c2C)S(C)(=O)=O)cc1. The lowest BCUT2D eigenvalue weighted by Gasteiger charge is -2.21. The molecular weight excluding hydrogens is 499 g/mol. The lowest BCUT2D eigenvalue weighted by Crippen LogP contribution is -2.39. The molecule has 0 aliphatic heterocycles. The maximum Gasteiger partial charge on any atom is 0.260 e. The molecule has 0 spiro atoms. The molecule has 1 amide bonds. The van der Waals surface area contributed by atoms with Crippen LogP contribution in [0.1, 0.15) is 17.0 Å². The van der Waals surface area contributed by atoms with Crippen LogP contribution < -0.4 is 14.5 Å². The van der Waals surface area contributed by atoms with Gasteiger partial charge >= 0.3 is 0 Å². The Kier molecular flexibility index (Phi) is 7.91. The number of hydrogen-bond acceptors (Lipinski definition) is 5. The zero-order valence-electron chi connectivity index (χ0n) is 19.0. The summed E-state index contributed by atoms with van der Waals surface area (Å²) in [6.45, 7) is 3.38. The number of carbonyl (C=O) groups excluding carboxylic acids is 1. The number of ether oxygens (including phenoxy) is 1. The fourth-order valence-corrected chi connectivity index (χ4v) is 4.68. The first kappa shape index (κ1) is 25.6. The molecule has 0 radical (unpaired) electrons. The zero-order valence-corrected chi connectivity index (χ0v) is 21.4. The molecule has 11 heteroatoms. The van der Waals surface area contributed by atoms with Crippen LogP contribution in [0.5, 0.6) is 5.75 Å². The van der Waals surface area contributed by atoms with Crippen molar-refractivity contribution in [2.45, 2.75) is 13.8 Å². The van der Waals surface area contributed by atoms with Crippen LogP contribution in [0.2, 0.25) is 10.0 Å². The molecule has 0 aliphatic rings. The number of amides is 1. The second kappa shape index (κ2) is 10.5. The molecule has 1 aromatic heterocycles. The monoisotopic (exact) mass is 522 g/mol. The van der Waals surface area contributed by atoms with Gasteiger partial charge in [0.05, 0.1) is 41.0 Å². The third kappa shape index (κ3) is 5.72. The van der Waals surface area contributed by atoms with E-state index in [2.05, 4.69) is 10.5 Å². The van der Waals surface area contributed by atoms with Crippen molar-refractivity contribution in [3.05, 3.63) is 75.5 Å². The molecule has 0 aliphatic carbocycles. The van der Waals surface area contributed by atoms with Gasteiger partial charge in [-0.3, -0.25) is 9.10 Å². The lowest BCUT2D eigenvalue weighted by molar-refractivity contribution is -0.119. The number of carbonyl (C=O) groups is 1. The number of anilines is 1. The Bertz CT molecular complexity index is 1340. The summed E-state index contributed by atoms with van der Waals surface area (Å²) < 4.78 is 32.5. The summed E-state index contributed by atoms with van der Waals surface area (Å²) in [6.07, 6.45) is 2.52. The normalized spacial score (nSPS) is 11.6. The lowest BCUT2D eigenvalue weighted by atomic mass is 10.2. The predicted octanol–water partition coefficient (Wildman–Crippen LogP) is 4.33. The van der Waals surface area contributed by atoms with Gasteiger partial charge in [0.1, 0.15) is 12.3 Å². The number of nitrogens with zero attached hydrogens (tertiary/aromatic N) is 3. The average Bonchev–Trinajstić information content (AvgIpc) is 3.06. The molecule has 8 nitrogen and oxygen atoms in total. The van der Waals surface area contributed by atoms with Crippen molar-refractivity contribution in [3.8, 4) is 11.4 Å². The van der Waals surface area contributed by atoms with Crippen LogP contribution >= 0.6 is 23.2 Å². The largest absolute Gasteiger partial charge is 0.497 e. The van der Waals surface area contributed by atoms with E-state index in [-0.39, 0.29) is 0 Å². The van der Waals surface area contributed by atoms with Crippen LogP contribution in [-0.4, -0.2) is 45.0 Å². The standard InChI is InChI=1S/C23H24Cl2N4O4S/c1-15-12-17(16(2)29(15)21-7-5-6-20(24)23(21)25)13-26-27-22(30)14-28(34(4,31)32)18-8-10-19(33-3)11-9-18/h5-13H,14H2,1-4H3,(H,27,30)/b26-13+. The number of nitrogens with one attached hydrogen (secondary N) is 1. The number of halogens is 2. The van der Waals surface area contributed by atoms with Gasteiger partial charge < -0.3 is 9.30 Å². The molecular formula is C23H24Cl2N4O4S. The summed E-state index contributed by atoms with van der Waals surface area (Å²) in [4.78, 5) is 12.5. The Balaban J connectivity index is 1.76. The highest BCUT2D eigenvalue weighted by molar-refractivity contribution is 7.92. The zero-order chi connectivity index (χ0) is 25.0. The molecule has 0 atom stereocenters. The van der Waals surface area contributed by atoms with Crippen molar-refractivity contribution in [1.82, 2.24) is 9.99 Å². The van der Waals surface area contributed by atoms with Crippen molar-refractivity contribution in [2.75, 3.05) is 24.2 Å². The molecule has 0 saturated carbocycles. The highest BCUT2D eigenvalue weighted by atomic mass is 35.5. The molecule has 0 saturated heterocycles. The van der Waals surface area contributed by atoms with Gasteiger partial charge in [0.25, 0.3) is 5.91 Å². The highest BCUT2D eigenvalue weighted by Crippen LogP contribution is 2.31. The first-order chi connectivity index (χ1) is 16.0. The number of methoxy groups -OCH3 is 1. The molecule has 2 aromatic carbocycles. The van der Waals surface area contributed by atoms with E-state index in [1.807, 2.05) is 36.6 Å². The Morgan fingerprint density at radius 3 is 2.47 bits per heavy atom. The van der Waals surface area contributed by atoms with E-state index >= 15 is 0 Å². The number of aromatic nitrogens is 1. The second-order valence-corrected chi connectivity index (χ2v) is 10.2. The first-order valence-corrected chi connectivity index (χ1v) is 12.7. The third-order valence-electron chi connectivity index (χ3n) is 5.08. The van der Waals surface area contributed by atoms with Gasteiger partial charge in [0, 0.05) is 17.0 Å². The molecule has 3 rings (SSSR count). The van der Waals surface area contributed by atoms with E-state index in [1.165, 1.54) is 13.3 Å². The van der Waals surface area contributed by atoms with Crippen LogP contribution in [-0.2, 0) is 14.8 Å². The van der Waals surface area contributed by atoms with Crippen LogP contribution in [0.4, 0.5) is 5.69 Å². The molecule has 180 valence electrons. The van der Waals surface area contributed by atoms with Crippen molar-refractivity contribution in [3.63, 3.8) is 0 Å². The number of sulfonamides is 1. The van der Waals surface area contributed by atoms with Crippen molar-refractivity contribution >= 4 is 51.0 Å². The van der Waals surface area contributed by atoms with E-state index < -0.39 is 22.5 Å². The Hall–Kier alpha value is -3.01. The summed E-state index contributed by atoms with van der Waals surface area (Å²) in [5.41, 5.74) is 5.95. The van der Waals surface area contributed by atoms with Gasteiger partial charge in [0.2, 0.25) is 10.0 Å². The van der Waals surface area contributed by atoms with E-state index in [1.54, 1.807) is 30.3 Å². The molecule has 1 heterocycles. The van der Waals surface area contributed by atoms with E-state index in [0.29, 0.717) is 21.5 Å². The summed E-state index contributed by atoms with van der Waals surface area (Å²) in [5, 5.41) is 4.89. The first-order valence-electron chi connectivity index (χ1n) is 10.1. The number of benzene rings is 2. The minimum atomic E-state index is -3.70. The van der Waals surface area contributed by atoms with Crippen molar-refractivity contribution in [1.29, 1.82) is 0 Å². The van der Waals surface area contributed by atoms with Crippen molar-refractivity contribution < 1.29 is 17.9 Å². The van der Waals surface area contributed by atoms with E-state index in [9.17, 15) is 13.2 Å². The second-order valence-electron chi connectivity index (χ2n) is 7.50. The van der Waals surface area contributed by atoms with Crippen LogP contribution in [0.25, 0.3) is 5.69 Å². The maximum absolute atomic E-state index is 12.5. The van der Waals surface area contributed by atoms with Crippen LogP contribution in [0.3, 0.4) is 0 Å². The fraction of sp³-hybridized carbons (Fsp3) is 0.217. The third-order valence-corrected chi connectivity index (χ3v) is 7.03. The fourth-order valence-electron chi connectivity index (χ4n) is 3.44. The Morgan fingerprint density at radius 1 is 1.18 bits per heavy atom. The summed E-state index contributed by atoms with van der Waals surface area (Å²) in [7, 11) is -2.19. The minimum absolute atomic E-state index is 0.337. The Morgan fingerprint density at radius 2 is 1.85 bits per heavy atom. The van der Waals surface area contributed by atoms with Gasteiger partial charge in [-0.2, -0.15) is 5.10 Å². The molecule has 0 unspecified atom stereocenters. The molecule has 34 heavy (non-hydrogen) atoms. The number of hydrogen-bond donors (Lipinski definition) is 1. The summed E-state index contributed by atoms with van der Waals surface area (Å²) in [5.74, 6) is -0.0212. The number of aryl methyl sites for hydroxylation is 1. The van der Waals surface area contributed by atoms with E-state index in [0.717, 1.165) is 33.2 Å².